The lowest BCUT2D eigenvalue weighted by molar-refractivity contribution is -0.384. The third-order valence-corrected chi connectivity index (χ3v) is 5.03. The number of rotatable bonds is 6. The summed E-state index contributed by atoms with van der Waals surface area (Å²) in [5.74, 6) is 0.179. The number of ketones is 1. The fourth-order valence-corrected chi connectivity index (χ4v) is 3.51. The number of benzene rings is 2. The van der Waals surface area contributed by atoms with E-state index in [0.717, 1.165) is 0 Å². The summed E-state index contributed by atoms with van der Waals surface area (Å²) in [7, 11) is 0. The van der Waals surface area contributed by atoms with Gasteiger partial charge in [-0.15, -0.1) is 0 Å². The Morgan fingerprint density at radius 2 is 1.66 bits per heavy atom. The van der Waals surface area contributed by atoms with Gasteiger partial charge in [0.2, 0.25) is 5.91 Å². The second-order valence-electron chi connectivity index (χ2n) is 7.62. The molecule has 1 saturated heterocycles. The number of nitro groups is 1. The normalized spacial score (nSPS) is 14.2. The summed E-state index contributed by atoms with van der Waals surface area (Å²) in [5, 5.41) is 11.7. The average molecular weight is 395 g/mol. The molecule has 3 rings (SSSR count). The molecule has 2 aromatic carbocycles. The Balaban J connectivity index is 1.78. The monoisotopic (exact) mass is 395 g/mol. The number of nitro benzene ring substituents is 1. The van der Waals surface area contributed by atoms with Crippen LogP contribution in [0.5, 0.6) is 0 Å². The highest BCUT2D eigenvalue weighted by molar-refractivity contribution is 6.09. The Morgan fingerprint density at radius 3 is 2.24 bits per heavy atom. The Labute approximate surface area is 170 Å². The van der Waals surface area contributed by atoms with Gasteiger partial charge in [-0.2, -0.15) is 0 Å². The topological polar surface area (TPSA) is 83.8 Å². The van der Waals surface area contributed by atoms with E-state index in [1.807, 2.05) is 29.7 Å². The first-order valence-electron chi connectivity index (χ1n) is 9.77. The van der Waals surface area contributed by atoms with Crippen molar-refractivity contribution in [3.8, 4) is 0 Å². The molecule has 29 heavy (non-hydrogen) atoms. The summed E-state index contributed by atoms with van der Waals surface area (Å²) in [6.07, 6.45) is 0.510. The predicted molar refractivity (Wildman–Crippen MR) is 111 cm³/mol. The Hall–Kier alpha value is -3.22. The summed E-state index contributed by atoms with van der Waals surface area (Å²) in [6.45, 7) is 6.14. The van der Waals surface area contributed by atoms with Crippen molar-refractivity contribution in [2.75, 3.05) is 31.1 Å². The minimum absolute atomic E-state index is 0.0891. The molecular formula is C22H25N3O4. The predicted octanol–water partition coefficient (Wildman–Crippen LogP) is 3.52. The maximum absolute atomic E-state index is 12.6. The molecule has 1 heterocycles. The highest BCUT2D eigenvalue weighted by atomic mass is 16.6. The number of piperazine rings is 1. The zero-order valence-electron chi connectivity index (χ0n) is 16.7. The number of anilines is 1. The molecule has 0 N–H and O–H groups in total. The first kappa shape index (κ1) is 20.5. The van der Waals surface area contributed by atoms with Crippen molar-refractivity contribution in [2.45, 2.75) is 20.3 Å². The van der Waals surface area contributed by atoms with Gasteiger partial charge >= 0.3 is 0 Å². The molecule has 2 aromatic rings. The summed E-state index contributed by atoms with van der Waals surface area (Å²) < 4.78 is 0. The van der Waals surface area contributed by atoms with Crippen LogP contribution in [0.4, 0.5) is 11.4 Å². The van der Waals surface area contributed by atoms with E-state index in [0.29, 0.717) is 49.8 Å². The quantitative estimate of drug-likeness (QED) is 0.424. The second kappa shape index (κ2) is 8.86. The number of hydrogen-bond acceptors (Lipinski definition) is 5. The van der Waals surface area contributed by atoms with Crippen molar-refractivity contribution in [1.29, 1.82) is 0 Å². The van der Waals surface area contributed by atoms with Crippen molar-refractivity contribution in [3.63, 3.8) is 0 Å². The zero-order valence-corrected chi connectivity index (χ0v) is 16.7. The molecule has 1 aliphatic heterocycles. The first-order chi connectivity index (χ1) is 13.9. The number of carbonyl (C=O) groups is 2. The Kier molecular flexibility index (Phi) is 6.26. The van der Waals surface area contributed by atoms with Gasteiger partial charge in [-0.3, -0.25) is 19.7 Å². The third kappa shape index (κ3) is 4.80. The third-order valence-electron chi connectivity index (χ3n) is 5.03. The van der Waals surface area contributed by atoms with E-state index < -0.39 is 4.92 Å². The van der Waals surface area contributed by atoms with Crippen LogP contribution in [-0.4, -0.2) is 47.7 Å². The molecule has 0 saturated carbocycles. The minimum atomic E-state index is -0.451. The van der Waals surface area contributed by atoms with E-state index in [1.54, 1.807) is 36.4 Å². The van der Waals surface area contributed by atoms with E-state index >= 15 is 0 Å². The van der Waals surface area contributed by atoms with Crippen molar-refractivity contribution < 1.29 is 14.5 Å². The smallest absolute Gasteiger partial charge is 0.293 e. The van der Waals surface area contributed by atoms with Crippen LogP contribution in [0.3, 0.4) is 0 Å². The zero-order chi connectivity index (χ0) is 21.0. The highest BCUT2D eigenvalue weighted by Gasteiger charge is 2.27. The van der Waals surface area contributed by atoms with Crippen LogP contribution >= 0.6 is 0 Å². The van der Waals surface area contributed by atoms with Gasteiger partial charge in [0.25, 0.3) is 5.69 Å². The molecule has 0 spiro atoms. The minimum Gasteiger partial charge on any atom is -0.362 e. The molecule has 1 amide bonds. The molecule has 0 unspecified atom stereocenters. The lowest BCUT2D eigenvalue weighted by atomic mass is 10.0. The molecular weight excluding hydrogens is 370 g/mol. The number of amides is 1. The maximum Gasteiger partial charge on any atom is 0.293 e. The number of nitrogens with zero attached hydrogens (tertiary/aromatic N) is 3. The molecule has 0 radical (unpaired) electrons. The summed E-state index contributed by atoms with van der Waals surface area (Å²) in [4.78, 5) is 39.8. The van der Waals surface area contributed by atoms with Gasteiger partial charge in [-0.1, -0.05) is 44.2 Å². The molecule has 1 aliphatic rings. The lowest BCUT2D eigenvalue weighted by Crippen LogP contribution is -2.49. The van der Waals surface area contributed by atoms with Gasteiger partial charge in [-0.25, -0.2) is 0 Å². The maximum atomic E-state index is 12.6. The first-order valence-corrected chi connectivity index (χ1v) is 9.77. The van der Waals surface area contributed by atoms with Gasteiger partial charge in [-0.05, 0) is 18.1 Å². The van der Waals surface area contributed by atoms with Crippen molar-refractivity contribution in [3.05, 3.63) is 69.8 Å². The molecule has 0 aliphatic carbocycles. The fraction of sp³-hybridized carbons (Fsp3) is 0.364. The van der Waals surface area contributed by atoms with Crippen molar-refractivity contribution in [1.82, 2.24) is 4.90 Å². The molecule has 1 fully saturated rings. The van der Waals surface area contributed by atoms with Gasteiger partial charge in [0, 0.05) is 49.8 Å². The van der Waals surface area contributed by atoms with Gasteiger partial charge in [0.1, 0.15) is 5.69 Å². The van der Waals surface area contributed by atoms with Crippen molar-refractivity contribution >= 4 is 23.1 Å². The van der Waals surface area contributed by atoms with E-state index in [9.17, 15) is 19.7 Å². The summed E-state index contributed by atoms with van der Waals surface area (Å²) >= 11 is 0. The molecule has 7 heteroatoms. The lowest BCUT2D eigenvalue weighted by Gasteiger charge is -2.36. The molecule has 152 valence electrons. The van der Waals surface area contributed by atoms with Crippen LogP contribution in [-0.2, 0) is 4.79 Å². The highest BCUT2D eigenvalue weighted by Crippen LogP contribution is 2.31. The van der Waals surface area contributed by atoms with E-state index in [2.05, 4.69) is 0 Å². The van der Waals surface area contributed by atoms with Crippen LogP contribution in [0.2, 0.25) is 0 Å². The average Bonchev–Trinajstić information content (AvgIpc) is 2.73. The van der Waals surface area contributed by atoms with E-state index in [-0.39, 0.29) is 22.9 Å². The van der Waals surface area contributed by atoms with Crippen LogP contribution < -0.4 is 4.90 Å². The molecule has 7 nitrogen and oxygen atoms in total. The van der Waals surface area contributed by atoms with Crippen LogP contribution in [0.25, 0.3) is 0 Å². The summed E-state index contributed by atoms with van der Waals surface area (Å²) in [6, 6.07) is 13.3. The van der Waals surface area contributed by atoms with Gasteiger partial charge in [0.05, 0.1) is 4.92 Å². The van der Waals surface area contributed by atoms with Crippen LogP contribution in [0.15, 0.2) is 48.5 Å². The standard InChI is InChI=1S/C22H25N3O4/c1-16(2)14-21(26)24-12-10-23(11-13-24)19-9-8-18(15-20(19)25(28)29)22(27)17-6-4-3-5-7-17/h3-9,15-16H,10-14H2,1-2H3. The van der Waals surface area contributed by atoms with Crippen LogP contribution in [0, 0.1) is 16.0 Å². The van der Waals surface area contributed by atoms with Gasteiger partial charge < -0.3 is 9.80 Å². The van der Waals surface area contributed by atoms with Crippen LogP contribution in [0.1, 0.15) is 36.2 Å². The second-order valence-corrected chi connectivity index (χ2v) is 7.62. The van der Waals surface area contributed by atoms with E-state index in [1.165, 1.54) is 6.07 Å². The number of hydrogen-bond donors (Lipinski definition) is 0. The largest absolute Gasteiger partial charge is 0.362 e. The van der Waals surface area contributed by atoms with Gasteiger partial charge in [0.15, 0.2) is 5.78 Å². The SMILES string of the molecule is CC(C)CC(=O)N1CCN(c2ccc(C(=O)c3ccccc3)cc2[N+](=O)[O-])CC1. The molecule has 0 atom stereocenters. The number of carbonyl (C=O) groups excluding carboxylic acids is 2. The Morgan fingerprint density at radius 1 is 1.00 bits per heavy atom. The molecule has 0 bridgehead atoms. The Bertz CT molecular complexity index is 904. The molecule has 0 aromatic heterocycles. The fourth-order valence-electron chi connectivity index (χ4n) is 3.51. The van der Waals surface area contributed by atoms with E-state index in [4.69, 9.17) is 0 Å². The van der Waals surface area contributed by atoms with Crippen molar-refractivity contribution in [2.24, 2.45) is 5.92 Å². The summed E-state index contributed by atoms with van der Waals surface area (Å²) in [5.41, 5.74) is 1.17.